The van der Waals surface area contributed by atoms with Crippen LogP contribution in [0.15, 0.2) is 52.0 Å². The van der Waals surface area contributed by atoms with Crippen LogP contribution >= 0.6 is 15.9 Å². The number of carbonyl (C=O) groups excluding carboxylic acids is 1. The molecule has 0 aromatic heterocycles. The van der Waals surface area contributed by atoms with Gasteiger partial charge in [-0.1, -0.05) is 28.1 Å². The topological polar surface area (TPSA) is 96.6 Å². The summed E-state index contributed by atoms with van der Waals surface area (Å²) >= 11 is 3.38. The standard InChI is InChI=1S/C15H13BrN4O3/c1-10-7-12(5-6-14(10)16)18-15(21)19-17-9-11-3-2-4-13(8-11)20(22)23/h2-9H,1H3,(H2,18,19,21)/b17-9+. The number of nitro benzene ring substituents is 1. The highest BCUT2D eigenvalue weighted by molar-refractivity contribution is 9.10. The molecular formula is C15H13BrN4O3. The second-order valence-electron chi connectivity index (χ2n) is 4.64. The summed E-state index contributed by atoms with van der Waals surface area (Å²) in [5, 5.41) is 17.1. The zero-order valence-corrected chi connectivity index (χ0v) is 13.7. The summed E-state index contributed by atoms with van der Waals surface area (Å²) in [6, 6.07) is 10.8. The summed E-state index contributed by atoms with van der Waals surface area (Å²) in [6.45, 7) is 1.91. The number of non-ortho nitro benzene ring substituents is 1. The Balaban J connectivity index is 1.94. The molecule has 0 heterocycles. The van der Waals surface area contributed by atoms with Crippen molar-refractivity contribution in [2.45, 2.75) is 6.92 Å². The Labute approximate surface area is 140 Å². The first-order valence-electron chi connectivity index (χ1n) is 6.56. The van der Waals surface area contributed by atoms with Gasteiger partial charge in [0.05, 0.1) is 11.1 Å². The molecule has 8 heteroatoms. The van der Waals surface area contributed by atoms with Crippen molar-refractivity contribution >= 4 is 39.6 Å². The number of amides is 2. The molecule has 0 fully saturated rings. The number of rotatable bonds is 4. The maximum absolute atomic E-state index is 11.7. The van der Waals surface area contributed by atoms with Gasteiger partial charge in [0.1, 0.15) is 0 Å². The molecular weight excluding hydrogens is 364 g/mol. The van der Waals surface area contributed by atoms with Crippen LogP contribution in [0.4, 0.5) is 16.2 Å². The molecule has 0 atom stereocenters. The van der Waals surface area contributed by atoms with Crippen LogP contribution < -0.4 is 10.7 Å². The van der Waals surface area contributed by atoms with Crippen molar-refractivity contribution in [1.82, 2.24) is 5.43 Å². The van der Waals surface area contributed by atoms with Gasteiger partial charge in [0, 0.05) is 27.9 Å². The van der Waals surface area contributed by atoms with E-state index < -0.39 is 11.0 Å². The summed E-state index contributed by atoms with van der Waals surface area (Å²) in [6.07, 6.45) is 1.33. The predicted octanol–water partition coefficient (Wildman–Crippen LogP) is 3.82. The average molecular weight is 377 g/mol. The molecule has 2 rings (SSSR count). The third-order valence-electron chi connectivity index (χ3n) is 2.88. The summed E-state index contributed by atoms with van der Waals surface area (Å²) < 4.78 is 0.951. The highest BCUT2D eigenvalue weighted by Gasteiger charge is 2.04. The molecule has 118 valence electrons. The lowest BCUT2D eigenvalue weighted by molar-refractivity contribution is -0.384. The lowest BCUT2D eigenvalue weighted by Gasteiger charge is -2.06. The Bertz CT molecular complexity index is 777. The quantitative estimate of drug-likeness (QED) is 0.482. The number of hydrazone groups is 1. The number of hydrogen-bond acceptors (Lipinski definition) is 4. The Morgan fingerprint density at radius 2 is 2.09 bits per heavy atom. The molecule has 0 saturated heterocycles. The highest BCUT2D eigenvalue weighted by Crippen LogP contribution is 2.19. The Morgan fingerprint density at radius 1 is 1.30 bits per heavy atom. The van der Waals surface area contributed by atoms with Crippen LogP contribution in [0.2, 0.25) is 0 Å². The van der Waals surface area contributed by atoms with E-state index in [4.69, 9.17) is 0 Å². The highest BCUT2D eigenvalue weighted by atomic mass is 79.9. The van der Waals surface area contributed by atoms with Crippen molar-refractivity contribution in [2.75, 3.05) is 5.32 Å². The number of nitrogens with one attached hydrogen (secondary N) is 2. The van der Waals surface area contributed by atoms with Crippen LogP contribution in [-0.4, -0.2) is 17.2 Å². The number of aryl methyl sites for hydroxylation is 1. The summed E-state index contributed by atoms with van der Waals surface area (Å²) in [4.78, 5) is 21.9. The van der Waals surface area contributed by atoms with E-state index >= 15 is 0 Å². The van der Waals surface area contributed by atoms with E-state index in [1.165, 1.54) is 18.3 Å². The molecule has 0 aliphatic rings. The average Bonchev–Trinajstić information content (AvgIpc) is 2.51. The lowest BCUT2D eigenvalue weighted by Crippen LogP contribution is -2.24. The molecule has 0 bridgehead atoms. The van der Waals surface area contributed by atoms with Gasteiger partial charge in [-0.05, 0) is 30.7 Å². The molecule has 2 N–H and O–H groups in total. The molecule has 0 aliphatic heterocycles. The van der Waals surface area contributed by atoms with E-state index in [-0.39, 0.29) is 5.69 Å². The number of hydrogen-bond donors (Lipinski definition) is 2. The molecule has 2 amide bonds. The molecule has 0 spiro atoms. The van der Waals surface area contributed by atoms with Crippen LogP contribution in [0.3, 0.4) is 0 Å². The van der Waals surface area contributed by atoms with Crippen molar-refractivity contribution < 1.29 is 9.72 Å². The van der Waals surface area contributed by atoms with E-state index in [2.05, 4.69) is 31.8 Å². The predicted molar refractivity (Wildman–Crippen MR) is 91.7 cm³/mol. The number of nitro groups is 1. The zero-order valence-electron chi connectivity index (χ0n) is 12.1. The monoisotopic (exact) mass is 376 g/mol. The van der Waals surface area contributed by atoms with Gasteiger partial charge in [-0.25, -0.2) is 10.2 Å². The Hall–Kier alpha value is -2.74. The fourth-order valence-electron chi connectivity index (χ4n) is 1.77. The molecule has 0 saturated carbocycles. The minimum Gasteiger partial charge on any atom is -0.307 e. The van der Waals surface area contributed by atoms with Gasteiger partial charge in [0.2, 0.25) is 0 Å². The van der Waals surface area contributed by atoms with Gasteiger partial charge in [-0.3, -0.25) is 10.1 Å². The minimum atomic E-state index is -0.506. The second kappa shape index (κ2) is 7.50. The molecule has 2 aromatic rings. The fourth-order valence-corrected chi connectivity index (χ4v) is 2.01. The SMILES string of the molecule is Cc1cc(NC(=O)N/N=C/c2cccc([N+](=O)[O-])c2)ccc1Br. The van der Waals surface area contributed by atoms with Gasteiger partial charge < -0.3 is 5.32 Å². The Morgan fingerprint density at radius 3 is 2.78 bits per heavy atom. The smallest absolute Gasteiger partial charge is 0.307 e. The zero-order chi connectivity index (χ0) is 16.8. The lowest BCUT2D eigenvalue weighted by atomic mass is 10.2. The van der Waals surface area contributed by atoms with Crippen LogP contribution in [-0.2, 0) is 0 Å². The molecule has 7 nitrogen and oxygen atoms in total. The van der Waals surface area contributed by atoms with Gasteiger partial charge in [0.25, 0.3) is 5.69 Å². The van der Waals surface area contributed by atoms with Crippen LogP contribution in [0.1, 0.15) is 11.1 Å². The van der Waals surface area contributed by atoms with E-state index in [1.54, 1.807) is 18.2 Å². The van der Waals surface area contributed by atoms with E-state index in [9.17, 15) is 14.9 Å². The summed E-state index contributed by atoms with van der Waals surface area (Å²) in [7, 11) is 0. The number of halogens is 1. The summed E-state index contributed by atoms with van der Waals surface area (Å²) in [5.74, 6) is 0. The van der Waals surface area contributed by atoms with Gasteiger partial charge in [0.15, 0.2) is 0 Å². The van der Waals surface area contributed by atoms with Crippen molar-refractivity contribution in [3.63, 3.8) is 0 Å². The number of carbonyl (C=O) groups is 1. The molecule has 0 unspecified atom stereocenters. The number of urea groups is 1. The van der Waals surface area contributed by atoms with E-state index in [0.717, 1.165) is 10.0 Å². The Kier molecular flexibility index (Phi) is 5.42. The first-order valence-corrected chi connectivity index (χ1v) is 7.35. The van der Waals surface area contributed by atoms with Crippen molar-refractivity contribution in [3.05, 3.63) is 68.2 Å². The third kappa shape index (κ3) is 4.89. The summed E-state index contributed by atoms with van der Waals surface area (Å²) in [5.41, 5.74) is 4.40. The van der Waals surface area contributed by atoms with Gasteiger partial charge >= 0.3 is 6.03 Å². The van der Waals surface area contributed by atoms with Crippen molar-refractivity contribution in [3.8, 4) is 0 Å². The fraction of sp³-hybridized carbons (Fsp3) is 0.0667. The van der Waals surface area contributed by atoms with Gasteiger partial charge in [-0.15, -0.1) is 0 Å². The first kappa shape index (κ1) is 16.6. The van der Waals surface area contributed by atoms with Crippen molar-refractivity contribution in [1.29, 1.82) is 0 Å². The van der Waals surface area contributed by atoms with Crippen LogP contribution in [0, 0.1) is 17.0 Å². The molecule has 0 radical (unpaired) electrons. The van der Waals surface area contributed by atoms with Gasteiger partial charge in [-0.2, -0.15) is 5.10 Å². The van der Waals surface area contributed by atoms with Crippen LogP contribution in [0.25, 0.3) is 0 Å². The largest absolute Gasteiger partial charge is 0.339 e. The van der Waals surface area contributed by atoms with Crippen LogP contribution in [0.5, 0.6) is 0 Å². The number of benzene rings is 2. The number of anilines is 1. The maximum Gasteiger partial charge on any atom is 0.339 e. The molecule has 23 heavy (non-hydrogen) atoms. The van der Waals surface area contributed by atoms with E-state index in [0.29, 0.717) is 11.3 Å². The molecule has 2 aromatic carbocycles. The van der Waals surface area contributed by atoms with E-state index in [1.807, 2.05) is 19.1 Å². The molecule has 0 aliphatic carbocycles. The minimum absolute atomic E-state index is 0.0382. The number of nitrogens with zero attached hydrogens (tertiary/aromatic N) is 2. The maximum atomic E-state index is 11.7. The van der Waals surface area contributed by atoms with Crippen molar-refractivity contribution in [2.24, 2.45) is 5.10 Å². The first-order chi connectivity index (χ1) is 11.0. The normalized spacial score (nSPS) is 10.5. The third-order valence-corrected chi connectivity index (χ3v) is 3.77. The second-order valence-corrected chi connectivity index (χ2v) is 5.49.